The summed E-state index contributed by atoms with van der Waals surface area (Å²) in [4.78, 5) is 17.5. The van der Waals surface area contributed by atoms with Crippen molar-refractivity contribution in [3.8, 4) is 22.5 Å². The minimum atomic E-state index is 0.534. The van der Waals surface area contributed by atoms with E-state index in [0.29, 0.717) is 5.95 Å². The highest BCUT2D eigenvalue weighted by Crippen LogP contribution is 2.25. The molecule has 25 heavy (non-hydrogen) atoms. The molecule has 5 nitrogen and oxygen atoms in total. The maximum absolute atomic E-state index is 4.66. The average Bonchev–Trinajstić information content (AvgIpc) is 2.70. The van der Waals surface area contributed by atoms with Gasteiger partial charge in [0.2, 0.25) is 5.95 Å². The molecule has 0 atom stereocenters. The number of hydrogen-bond acceptors (Lipinski definition) is 5. The van der Waals surface area contributed by atoms with Gasteiger partial charge in [-0.25, -0.2) is 9.97 Å². The molecule has 1 aromatic carbocycles. The molecule has 0 aliphatic heterocycles. The van der Waals surface area contributed by atoms with Crippen LogP contribution < -0.4 is 5.32 Å². The van der Waals surface area contributed by atoms with E-state index in [1.165, 1.54) is 0 Å². The monoisotopic (exact) mass is 325 g/mol. The lowest BCUT2D eigenvalue weighted by atomic mass is 10.1. The zero-order valence-electron chi connectivity index (χ0n) is 13.4. The van der Waals surface area contributed by atoms with Crippen molar-refractivity contribution < 1.29 is 0 Å². The summed E-state index contributed by atoms with van der Waals surface area (Å²) in [6, 6.07) is 19.7. The predicted octanol–water partition coefficient (Wildman–Crippen LogP) is 4.34. The normalized spacial score (nSPS) is 10.4. The van der Waals surface area contributed by atoms with E-state index in [1.54, 1.807) is 24.8 Å². The fourth-order valence-corrected chi connectivity index (χ4v) is 2.49. The van der Waals surface area contributed by atoms with Crippen LogP contribution in [0.4, 0.5) is 11.6 Å². The third kappa shape index (κ3) is 3.50. The molecule has 0 fully saturated rings. The Morgan fingerprint density at radius 1 is 0.640 bits per heavy atom. The SMILES string of the molecule is c1ccc(-c2cc(-c3cccnc3)nc(Nc3ccncc3)n2)cc1. The average molecular weight is 325 g/mol. The van der Waals surface area contributed by atoms with E-state index in [4.69, 9.17) is 0 Å². The lowest BCUT2D eigenvalue weighted by Crippen LogP contribution is -2.00. The maximum atomic E-state index is 4.66. The van der Waals surface area contributed by atoms with Crippen LogP contribution in [0.3, 0.4) is 0 Å². The highest BCUT2D eigenvalue weighted by Gasteiger charge is 2.09. The summed E-state index contributed by atoms with van der Waals surface area (Å²) in [5, 5.41) is 3.24. The molecule has 0 saturated heterocycles. The van der Waals surface area contributed by atoms with Gasteiger partial charge in [-0.15, -0.1) is 0 Å². The molecule has 0 spiro atoms. The summed E-state index contributed by atoms with van der Waals surface area (Å²) in [5.74, 6) is 0.534. The molecule has 0 amide bonds. The van der Waals surface area contributed by atoms with Gasteiger partial charge in [0.15, 0.2) is 0 Å². The van der Waals surface area contributed by atoms with Crippen molar-refractivity contribution in [2.45, 2.75) is 0 Å². The number of hydrogen-bond donors (Lipinski definition) is 1. The Morgan fingerprint density at radius 3 is 2.08 bits per heavy atom. The predicted molar refractivity (Wildman–Crippen MR) is 98.2 cm³/mol. The minimum absolute atomic E-state index is 0.534. The molecule has 3 heterocycles. The number of nitrogens with zero attached hydrogens (tertiary/aromatic N) is 4. The van der Waals surface area contributed by atoms with Crippen molar-refractivity contribution in [1.29, 1.82) is 0 Å². The Bertz CT molecular complexity index is 899. The fourth-order valence-electron chi connectivity index (χ4n) is 2.49. The highest BCUT2D eigenvalue weighted by molar-refractivity contribution is 5.70. The molecule has 0 aliphatic rings. The molecule has 0 radical (unpaired) electrons. The van der Waals surface area contributed by atoms with E-state index in [9.17, 15) is 0 Å². The van der Waals surface area contributed by atoms with Gasteiger partial charge in [-0.1, -0.05) is 30.3 Å². The Labute approximate surface area is 145 Å². The van der Waals surface area contributed by atoms with Crippen LogP contribution in [0.25, 0.3) is 22.5 Å². The summed E-state index contributed by atoms with van der Waals surface area (Å²) in [7, 11) is 0. The third-order valence-electron chi connectivity index (χ3n) is 3.69. The molecule has 0 unspecified atom stereocenters. The second kappa shape index (κ2) is 6.88. The van der Waals surface area contributed by atoms with Crippen LogP contribution >= 0.6 is 0 Å². The molecule has 4 rings (SSSR count). The van der Waals surface area contributed by atoms with Crippen molar-refractivity contribution in [3.63, 3.8) is 0 Å². The molecular weight excluding hydrogens is 310 g/mol. The van der Waals surface area contributed by atoms with Crippen LogP contribution in [0, 0.1) is 0 Å². The lowest BCUT2D eigenvalue weighted by molar-refractivity contribution is 1.16. The minimum Gasteiger partial charge on any atom is -0.324 e. The molecule has 0 saturated carbocycles. The quantitative estimate of drug-likeness (QED) is 0.604. The van der Waals surface area contributed by atoms with Crippen molar-refractivity contribution in [1.82, 2.24) is 19.9 Å². The first-order valence-corrected chi connectivity index (χ1v) is 7.90. The fraction of sp³-hybridized carbons (Fsp3) is 0. The molecule has 3 aromatic heterocycles. The van der Waals surface area contributed by atoms with Crippen LogP contribution in [0.5, 0.6) is 0 Å². The van der Waals surface area contributed by atoms with E-state index >= 15 is 0 Å². The van der Waals surface area contributed by atoms with Crippen molar-refractivity contribution in [2.75, 3.05) is 5.32 Å². The lowest BCUT2D eigenvalue weighted by Gasteiger charge is -2.10. The van der Waals surface area contributed by atoms with E-state index in [2.05, 4.69) is 25.3 Å². The van der Waals surface area contributed by atoms with Gasteiger partial charge in [0, 0.05) is 41.6 Å². The molecule has 0 bridgehead atoms. The van der Waals surface area contributed by atoms with Gasteiger partial charge in [-0.3, -0.25) is 9.97 Å². The molecule has 120 valence electrons. The topological polar surface area (TPSA) is 63.6 Å². The first-order valence-electron chi connectivity index (χ1n) is 7.90. The zero-order chi connectivity index (χ0) is 16.9. The summed E-state index contributed by atoms with van der Waals surface area (Å²) in [5.41, 5.74) is 4.54. The van der Waals surface area contributed by atoms with Crippen LogP contribution in [-0.4, -0.2) is 19.9 Å². The number of rotatable bonds is 4. The van der Waals surface area contributed by atoms with Crippen molar-refractivity contribution in [2.24, 2.45) is 0 Å². The summed E-state index contributed by atoms with van der Waals surface area (Å²) >= 11 is 0. The van der Waals surface area contributed by atoms with Gasteiger partial charge in [0.1, 0.15) is 0 Å². The number of aromatic nitrogens is 4. The first-order chi connectivity index (χ1) is 12.4. The second-order valence-corrected chi connectivity index (χ2v) is 5.43. The highest BCUT2D eigenvalue weighted by atomic mass is 15.1. The van der Waals surface area contributed by atoms with Crippen molar-refractivity contribution >= 4 is 11.6 Å². The summed E-state index contributed by atoms with van der Waals surface area (Å²) in [6.45, 7) is 0. The van der Waals surface area contributed by atoms with Gasteiger partial charge in [0.25, 0.3) is 0 Å². The van der Waals surface area contributed by atoms with E-state index in [-0.39, 0.29) is 0 Å². The Morgan fingerprint density at radius 2 is 1.36 bits per heavy atom. The number of anilines is 2. The van der Waals surface area contributed by atoms with Crippen molar-refractivity contribution in [3.05, 3.63) is 85.5 Å². The molecule has 5 heteroatoms. The Balaban J connectivity index is 1.80. The number of nitrogens with one attached hydrogen (secondary N) is 1. The largest absolute Gasteiger partial charge is 0.324 e. The number of benzene rings is 1. The molecular formula is C20H15N5. The molecule has 4 aromatic rings. The van der Waals surface area contributed by atoms with Crippen LogP contribution in [0.15, 0.2) is 85.5 Å². The van der Waals surface area contributed by atoms with Gasteiger partial charge in [-0.05, 0) is 30.3 Å². The maximum Gasteiger partial charge on any atom is 0.228 e. The van der Waals surface area contributed by atoms with E-state index in [0.717, 1.165) is 28.2 Å². The summed E-state index contributed by atoms with van der Waals surface area (Å²) < 4.78 is 0. The smallest absolute Gasteiger partial charge is 0.228 e. The van der Waals surface area contributed by atoms with Crippen LogP contribution in [0.1, 0.15) is 0 Å². The van der Waals surface area contributed by atoms with Gasteiger partial charge < -0.3 is 5.32 Å². The second-order valence-electron chi connectivity index (χ2n) is 5.43. The van der Waals surface area contributed by atoms with E-state index < -0.39 is 0 Å². The third-order valence-corrected chi connectivity index (χ3v) is 3.69. The Kier molecular flexibility index (Phi) is 4.12. The number of pyridine rings is 2. The van der Waals surface area contributed by atoms with Crippen LogP contribution in [0.2, 0.25) is 0 Å². The molecule has 1 N–H and O–H groups in total. The van der Waals surface area contributed by atoms with Gasteiger partial charge in [0.05, 0.1) is 11.4 Å². The first kappa shape index (κ1) is 15.0. The molecule has 0 aliphatic carbocycles. The van der Waals surface area contributed by atoms with Gasteiger partial charge >= 0.3 is 0 Å². The standard InChI is InChI=1S/C20H15N5/c1-2-5-15(6-3-1)18-13-19(16-7-4-10-22-14-16)25-20(24-18)23-17-8-11-21-12-9-17/h1-14H,(H,21,23,24,25). The summed E-state index contributed by atoms with van der Waals surface area (Å²) in [6.07, 6.45) is 7.00. The Hall–Kier alpha value is -3.60. The van der Waals surface area contributed by atoms with Gasteiger partial charge in [-0.2, -0.15) is 0 Å². The van der Waals surface area contributed by atoms with Crippen LogP contribution in [-0.2, 0) is 0 Å². The zero-order valence-corrected chi connectivity index (χ0v) is 13.4. The van der Waals surface area contributed by atoms with E-state index in [1.807, 2.05) is 60.7 Å².